The third-order valence-corrected chi connectivity index (χ3v) is 6.24. The highest BCUT2D eigenvalue weighted by atomic mass is 19.1. The number of esters is 1. The summed E-state index contributed by atoms with van der Waals surface area (Å²) < 4.78 is 31.0. The molecule has 166 valence electrons. The maximum absolute atomic E-state index is 13.6. The van der Waals surface area contributed by atoms with Crippen LogP contribution in [0, 0.1) is 23.1 Å². The molecule has 1 aliphatic heterocycles. The van der Waals surface area contributed by atoms with E-state index in [0.29, 0.717) is 30.8 Å². The van der Waals surface area contributed by atoms with Gasteiger partial charge in [-0.2, -0.15) is 5.26 Å². The molecule has 0 bridgehead atoms. The van der Waals surface area contributed by atoms with Crippen molar-refractivity contribution in [3.8, 4) is 11.8 Å². The summed E-state index contributed by atoms with van der Waals surface area (Å²) in [4.78, 5) is 12.6. The molecule has 1 saturated carbocycles. The molecule has 0 amide bonds. The summed E-state index contributed by atoms with van der Waals surface area (Å²) >= 11 is 0. The van der Waals surface area contributed by atoms with Gasteiger partial charge in [0.2, 0.25) is 0 Å². The Morgan fingerprint density at radius 2 is 2.00 bits per heavy atom. The van der Waals surface area contributed by atoms with Gasteiger partial charge in [-0.15, -0.1) is 0 Å². The van der Waals surface area contributed by atoms with Crippen LogP contribution in [-0.4, -0.2) is 31.4 Å². The van der Waals surface area contributed by atoms with Gasteiger partial charge in [-0.3, -0.25) is 4.79 Å². The second-order valence-electron chi connectivity index (χ2n) is 8.60. The zero-order valence-corrected chi connectivity index (χ0v) is 18.4. The van der Waals surface area contributed by atoms with E-state index in [9.17, 15) is 14.4 Å². The third-order valence-electron chi connectivity index (χ3n) is 6.24. The summed E-state index contributed by atoms with van der Waals surface area (Å²) in [5.41, 5.74) is 2.38. The fourth-order valence-electron chi connectivity index (χ4n) is 4.91. The number of hydrogen-bond acceptors (Lipinski definition) is 5. The van der Waals surface area contributed by atoms with Crippen LogP contribution in [0.25, 0.3) is 5.57 Å². The second kappa shape index (κ2) is 8.76. The number of nitriles is 1. The van der Waals surface area contributed by atoms with Crippen molar-refractivity contribution in [2.75, 3.05) is 13.7 Å². The molecule has 2 aromatic rings. The largest absolute Gasteiger partial charge is 0.490 e. The molecule has 1 aliphatic carbocycles. The number of ether oxygens (including phenoxy) is 3. The van der Waals surface area contributed by atoms with Gasteiger partial charge in [-0.1, -0.05) is 12.1 Å². The number of benzene rings is 2. The fourth-order valence-corrected chi connectivity index (χ4v) is 4.91. The Labute approximate surface area is 187 Å². The Morgan fingerprint density at radius 1 is 1.25 bits per heavy atom. The minimum absolute atomic E-state index is 0.0271. The Kier molecular flexibility index (Phi) is 6.03. The van der Waals surface area contributed by atoms with Gasteiger partial charge in [0, 0.05) is 11.5 Å². The number of nitrogens with zero attached hydrogens (tertiary/aromatic N) is 1. The minimum atomic E-state index is -0.718. The number of methoxy groups -OCH3 is 1. The van der Waals surface area contributed by atoms with Crippen molar-refractivity contribution in [1.29, 1.82) is 5.26 Å². The van der Waals surface area contributed by atoms with Crippen LogP contribution >= 0.6 is 0 Å². The number of carbonyl (C=O) groups is 1. The molecule has 0 radical (unpaired) electrons. The van der Waals surface area contributed by atoms with Gasteiger partial charge in [0.15, 0.2) is 0 Å². The quantitative estimate of drug-likeness (QED) is 0.618. The molecule has 32 heavy (non-hydrogen) atoms. The minimum Gasteiger partial charge on any atom is -0.490 e. The maximum Gasteiger partial charge on any atom is 0.309 e. The molecule has 1 heterocycles. The molecule has 1 fully saturated rings. The second-order valence-corrected chi connectivity index (χ2v) is 8.60. The molecule has 2 aromatic carbocycles. The molecule has 2 aliphatic rings. The van der Waals surface area contributed by atoms with E-state index in [1.807, 2.05) is 26.0 Å². The summed E-state index contributed by atoms with van der Waals surface area (Å²) in [5, 5.41) is 9.40. The predicted octanol–water partition coefficient (Wildman–Crippen LogP) is 5.00. The average molecular weight is 435 g/mol. The van der Waals surface area contributed by atoms with Gasteiger partial charge in [0.25, 0.3) is 0 Å². The standard InChI is InChI=1S/C26H26FNO4/c1-16(2)32-23-9-4-17(14-28)12-22(23)19-13-26(31-15-19)11-10-21(25(29)30-3)24(26)18-5-7-20(27)8-6-18/h4-9,12-13,16,21,24H,10-11,15H2,1-3H3/t21-,24+,26+/m0/s1. The van der Waals surface area contributed by atoms with Crippen LogP contribution in [0.15, 0.2) is 48.5 Å². The Morgan fingerprint density at radius 3 is 2.66 bits per heavy atom. The predicted molar refractivity (Wildman–Crippen MR) is 117 cm³/mol. The van der Waals surface area contributed by atoms with Crippen molar-refractivity contribution < 1.29 is 23.4 Å². The van der Waals surface area contributed by atoms with Crippen LogP contribution in [0.4, 0.5) is 4.39 Å². The molecule has 5 nitrogen and oxygen atoms in total. The summed E-state index contributed by atoms with van der Waals surface area (Å²) in [6.07, 6.45) is 3.27. The van der Waals surface area contributed by atoms with Gasteiger partial charge in [0.05, 0.1) is 43.0 Å². The lowest BCUT2D eigenvalue weighted by molar-refractivity contribution is -0.146. The highest BCUT2D eigenvalue weighted by Gasteiger charge is 2.54. The van der Waals surface area contributed by atoms with E-state index in [2.05, 4.69) is 12.1 Å². The Balaban J connectivity index is 1.79. The van der Waals surface area contributed by atoms with Crippen molar-refractivity contribution >= 4 is 11.5 Å². The van der Waals surface area contributed by atoms with Crippen molar-refractivity contribution in [3.63, 3.8) is 0 Å². The highest BCUT2D eigenvalue weighted by Crippen LogP contribution is 2.54. The number of rotatable bonds is 5. The van der Waals surface area contributed by atoms with Crippen molar-refractivity contribution in [3.05, 3.63) is 71.0 Å². The van der Waals surface area contributed by atoms with Crippen LogP contribution in [0.2, 0.25) is 0 Å². The summed E-state index contributed by atoms with van der Waals surface area (Å²) in [5.74, 6) is -0.633. The molecule has 0 unspecified atom stereocenters. The molecule has 0 N–H and O–H groups in total. The third kappa shape index (κ3) is 4.01. The van der Waals surface area contributed by atoms with Crippen molar-refractivity contribution in [2.24, 2.45) is 5.92 Å². The molecule has 6 heteroatoms. The fraction of sp³-hybridized carbons (Fsp3) is 0.385. The first-order valence-corrected chi connectivity index (χ1v) is 10.8. The molecular weight excluding hydrogens is 409 g/mol. The van der Waals surface area contributed by atoms with Crippen LogP contribution in [0.1, 0.15) is 49.3 Å². The summed E-state index contributed by atoms with van der Waals surface area (Å²) in [7, 11) is 1.38. The van der Waals surface area contributed by atoms with Gasteiger partial charge in [0.1, 0.15) is 11.6 Å². The van der Waals surface area contributed by atoms with Crippen LogP contribution in [0.5, 0.6) is 5.75 Å². The first-order valence-electron chi connectivity index (χ1n) is 10.8. The van der Waals surface area contributed by atoms with Crippen LogP contribution in [-0.2, 0) is 14.3 Å². The van der Waals surface area contributed by atoms with Crippen LogP contribution < -0.4 is 4.74 Å². The summed E-state index contributed by atoms with van der Waals surface area (Å²) in [6, 6.07) is 13.8. The lowest BCUT2D eigenvalue weighted by Crippen LogP contribution is -2.34. The first-order chi connectivity index (χ1) is 15.4. The van der Waals surface area contributed by atoms with Gasteiger partial charge < -0.3 is 14.2 Å². The first kappa shape index (κ1) is 22.0. The Bertz CT molecular complexity index is 1090. The summed E-state index contributed by atoms with van der Waals surface area (Å²) in [6.45, 7) is 4.23. The zero-order valence-electron chi connectivity index (χ0n) is 18.4. The Hall–Kier alpha value is -3.17. The van der Waals surface area contributed by atoms with Gasteiger partial charge in [-0.25, -0.2) is 4.39 Å². The lowest BCUT2D eigenvalue weighted by atomic mass is 9.79. The van der Waals surface area contributed by atoms with Gasteiger partial charge >= 0.3 is 5.97 Å². The molecule has 0 aromatic heterocycles. The van der Waals surface area contributed by atoms with Crippen LogP contribution in [0.3, 0.4) is 0 Å². The van der Waals surface area contributed by atoms with E-state index in [1.54, 1.807) is 18.2 Å². The monoisotopic (exact) mass is 435 g/mol. The molecular formula is C26H26FNO4. The van der Waals surface area contributed by atoms with E-state index < -0.39 is 11.5 Å². The van der Waals surface area contributed by atoms with Crippen molar-refractivity contribution in [1.82, 2.24) is 0 Å². The van der Waals surface area contributed by atoms with E-state index in [-0.39, 0.29) is 23.8 Å². The zero-order chi connectivity index (χ0) is 22.9. The SMILES string of the molecule is COC(=O)[C@H]1CC[C@@]2(C=C(c3cc(C#N)ccc3OC(C)C)CO2)[C@@H]1c1ccc(F)cc1. The van der Waals surface area contributed by atoms with E-state index in [0.717, 1.165) is 16.7 Å². The smallest absolute Gasteiger partial charge is 0.309 e. The molecule has 1 spiro atoms. The van der Waals surface area contributed by atoms with Crippen molar-refractivity contribution in [2.45, 2.75) is 44.3 Å². The number of halogens is 1. The van der Waals surface area contributed by atoms with E-state index >= 15 is 0 Å². The molecule has 3 atom stereocenters. The maximum atomic E-state index is 13.6. The highest BCUT2D eigenvalue weighted by molar-refractivity contribution is 5.78. The van der Waals surface area contributed by atoms with E-state index in [4.69, 9.17) is 14.2 Å². The van der Waals surface area contributed by atoms with Gasteiger partial charge in [-0.05, 0) is 74.2 Å². The number of hydrogen-bond donors (Lipinski definition) is 0. The average Bonchev–Trinajstić information content (AvgIpc) is 3.38. The topological polar surface area (TPSA) is 68.6 Å². The normalized spacial score (nSPS) is 24.4. The van der Waals surface area contributed by atoms with E-state index in [1.165, 1.54) is 19.2 Å². The molecule has 0 saturated heterocycles. The lowest BCUT2D eigenvalue weighted by Gasteiger charge is -2.31. The molecule has 4 rings (SSSR count). The number of carbonyl (C=O) groups excluding carboxylic acids is 1.